The molecule has 0 spiro atoms. The molecule has 0 atom stereocenters. The van der Waals surface area contributed by atoms with E-state index in [-0.39, 0.29) is 51.4 Å². The van der Waals surface area contributed by atoms with Gasteiger partial charge in [-0.15, -0.1) is 0 Å². The topological polar surface area (TPSA) is 149 Å². The van der Waals surface area contributed by atoms with Gasteiger partial charge in [0, 0.05) is 0 Å². The summed E-state index contributed by atoms with van der Waals surface area (Å²) in [5.41, 5.74) is 0. The Morgan fingerprint density at radius 3 is 0.786 bits per heavy atom. The number of hydrogen-bond donors (Lipinski definition) is 4. The molecule has 0 aromatic carbocycles. The monoisotopic (exact) mass is 279 g/mol. The second-order valence-electron chi connectivity index (χ2n) is 1.44. The Labute approximate surface area is 121 Å². The van der Waals surface area contributed by atoms with E-state index < -0.39 is 32.2 Å². The molecule has 0 unspecified atom stereocenters. The average Bonchev–Trinajstić information content (AvgIpc) is 1.82. The van der Waals surface area contributed by atoms with Crippen LogP contribution in [0.5, 0.6) is 0 Å². The zero-order chi connectivity index (χ0) is 10.8. The number of carboxylic acid groups (broad SMARTS) is 4. The van der Waals surface area contributed by atoms with E-state index in [1.807, 2.05) is 0 Å². The van der Waals surface area contributed by atoms with Gasteiger partial charge in [-0.25, -0.2) is 0 Å². The van der Waals surface area contributed by atoms with Crippen molar-refractivity contribution in [3.8, 4) is 0 Å². The van der Waals surface area contributed by atoms with Crippen molar-refractivity contribution in [1.82, 2.24) is 0 Å². The van der Waals surface area contributed by atoms with E-state index in [1.165, 1.54) is 0 Å². The van der Waals surface area contributed by atoms with Crippen molar-refractivity contribution >= 4 is 71.0 Å². The molecule has 0 heterocycles. The molecular formula is C4H5CoKO8. The van der Waals surface area contributed by atoms with Gasteiger partial charge in [0.25, 0.3) is 0 Å². The molecule has 0 aliphatic rings. The predicted molar refractivity (Wildman–Crippen MR) is 39.2 cm³/mol. The third-order valence-corrected chi connectivity index (χ3v) is 3.53. The molecule has 4 N–H and O–H groups in total. The van der Waals surface area contributed by atoms with Gasteiger partial charge in [0.1, 0.15) is 0 Å². The summed E-state index contributed by atoms with van der Waals surface area (Å²) in [6.07, 6.45) is 0. The van der Waals surface area contributed by atoms with Crippen LogP contribution in [0, 0.1) is 0 Å². The summed E-state index contributed by atoms with van der Waals surface area (Å²) in [7, 11) is 0. The maximum atomic E-state index is 10.3. The van der Waals surface area contributed by atoms with E-state index >= 15 is 0 Å². The van der Waals surface area contributed by atoms with Crippen LogP contribution in [0.15, 0.2) is 0 Å². The Morgan fingerprint density at radius 2 is 0.786 bits per heavy atom. The summed E-state index contributed by atoms with van der Waals surface area (Å²) < 4.78 is 0. The number of rotatable bonds is 4. The normalized spacial score (nSPS) is 10.9. The first-order chi connectivity index (χ1) is 5.77. The summed E-state index contributed by atoms with van der Waals surface area (Å²) >= 11 is -5.10. The van der Waals surface area contributed by atoms with Crippen LogP contribution in [0.1, 0.15) is 0 Å². The van der Waals surface area contributed by atoms with Gasteiger partial charge in [0.2, 0.25) is 0 Å². The average molecular weight is 279 g/mol. The van der Waals surface area contributed by atoms with Gasteiger partial charge in [-0.3, -0.25) is 0 Å². The Hall–Kier alpha value is 0.0229. The van der Waals surface area contributed by atoms with Crippen molar-refractivity contribution in [2.45, 2.75) is 0 Å². The minimum atomic E-state index is -5.10. The van der Waals surface area contributed by atoms with E-state index in [1.54, 1.807) is 0 Å². The van der Waals surface area contributed by atoms with Crippen LogP contribution in [0.2, 0.25) is 0 Å². The zero-order valence-electron chi connectivity index (χ0n) is 5.76. The summed E-state index contributed by atoms with van der Waals surface area (Å²) in [6.45, 7) is 0. The minimum absolute atomic E-state index is 0. The van der Waals surface area contributed by atoms with Gasteiger partial charge in [-0.2, -0.15) is 0 Å². The zero-order valence-corrected chi connectivity index (χ0v) is 6.80. The molecule has 0 rings (SSSR count). The molecule has 0 amide bonds. The molecule has 10 heteroatoms. The van der Waals surface area contributed by atoms with Crippen LogP contribution in [0.4, 0.5) is 19.2 Å². The molecule has 0 fully saturated rings. The third kappa shape index (κ3) is 2.53. The molecule has 79 valence electrons. The fourth-order valence-electron chi connectivity index (χ4n) is 0.366. The van der Waals surface area contributed by atoms with E-state index in [2.05, 4.69) is 0 Å². The number of hydrogen-bond acceptors (Lipinski definition) is 4. The molecule has 0 bridgehead atoms. The molecular weight excluding hydrogens is 274 g/mol. The molecule has 0 aromatic heterocycles. The van der Waals surface area contributed by atoms with Gasteiger partial charge in [0.05, 0.1) is 0 Å². The van der Waals surface area contributed by atoms with Gasteiger partial charge in [0.15, 0.2) is 0 Å². The van der Waals surface area contributed by atoms with E-state index in [9.17, 15) is 19.2 Å². The van der Waals surface area contributed by atoms with Gasteiger partial charge < -0.3 is 0 Å². The second-order valence-corrected chi connectivity index (χ2v) is 4.78. The SMILES string of the molecule is O=[C](O)[Co]([C](=O)O)([C](=O)O)[C](=O)O.[KH]. The third-order valence-electron chi connectivity index (χ3n) is 0.855. The Bertz CT molecular complexity index is 236. The van der Waals surface area contributed by atoms with Crippen molar-refractivity contribution < 1.29 is 52.2 Å². The molecule has 0 radical (unpaired) electrons. The molecule has 0 aliphatic carbocycles. The quantitative estimate of drug-likeness (QED) is 0.533. The second kappa shape index (κ2) is 5.80. The summed E-state index contributed by atoms with van der Waals surface area (Å²) in [5.74, 6) is 0. The predicted octanol–water partition coefficient (Wildman–Crippen LogP) is 0.204. The van der Waals surface area contributed by atoms with Gasteiger partial charge >= 0.3 is 123 Å². The maximum absolute atomic E-state index is 10.3. The summed E-state index contributed by atoms with van der Waals surface area (Å²) in [4.78, 5) is 31.6. The summed E-state index contributed by atoms with van der Waals surface area (Å²) in [6, 6.07) is 0. The first-order valence-corrected chi connectivity index (χ1v) is 4.46. The fraction of sp³-hybridized carbons (Fsp3) is 0. The van der Waals surface area contributed by atoms with Crippen LogP contribution in [0.25, 0.3) is 0 Å². The molecule has 0 saturated heterocycles. The molecule has 8 nitrogen and oxygen atoms in total. The molecule has 0 aliphatic heterocycles. The molecule has 14 heavy (non-hydrogen) atoms. The van der Waals surface area contributed by atoms with Crippen molar-refractivity contribution in [1.29, 1.82) is 0 Å². The van der Waals surface area contributed by atoms with Crippen LogP contribution < -0.4 is 0 Å². The van der Waals surface area contributed by atoms with Crippen molar-refractivity contribution in [2.75, 3.05) is 0 Å². The van der Waals surface area contributed by atoms with Crippen molar-refractivity contribution in [2.24, 2.45) is 0 Å². The van der Waals surface area contributed by atoms with E-state index in [0.717, 1.165) is 0 Å². The van der Waals surface area contributed by atoms with Crippen LogP contribution in [-0.2, 0) is 12.6 Å². The van der Waals surface area contributed by atoms with E-state index in [4.69, 9.17) is 20.4 Å². The Balaban J connectivity index is 0. The van der Waals surface area contributed by atoms with Gasteiger partial charge in [-0.05, 0) is 0 Å². The number of carbonyl (C=O) groups is 4. The van der Waals surface area contributed by atoms with Crippen LogP contribution in [-0.4, -0.2) is 91.4 Å². The van der Waals surface area contributed by atoms with Crippen LogP contribution in [0.3, 0.4) is 0 Å². The standard InChI is InChI=1S/4CHO2.Co.K.H/c4*2-1-3;;;/h4*(H,2,3);;;. The first-order valence-electron chi connectivity index (χ1n) is 2.38. The molecule has 0 aromatic rings. The van der Waals surface area contributed by atoms with E-state index in [0.29, 0.717) is 0 Å². The van der Waals surface area contributed by atoms with Crippen molar-refractivity contribution in [3.63, 3.8) is 0 Å². The van der Waals surface area contributed by atoms with Gasteiger partial charge in [-0.1, -0.05) is 0 Å². The summed E-state index contributed by atoms with van der Waals surface area (Å²) in [5, 5.41) is 33.0. The first kappa shape index (κ1) is 16.5. The Morgan fingerprint density at radius 1 is 0.643 bits per heavy atom. The van der Waals surface area contributed by atoms with Crippen LogP contribution >= 0.6 is 0 Å². The fourth-order valence-corrected chi connectivity index (χ4v) is 1.51. The Kier molecular flexibility index (Phi) is 6.81. The van der Waals surface area contributed by atoms with Crippen molar-refractivity contribution in [3.05, 3.63) is 0 Å². The molecule has 0 saturated carbocycles.